The summed E-state index contributed by atoms with van der Waals surface area (Å²) in [7, 11) is 0. The largest absolute Gasteiger partial charge is 0.397 e. The molecule has 1 saturated heterocycles. The second-order valence-electron chi connectivity index (χ2n) is 9.74. The highest BCUT2D eigenvalue weighted by Gasteiger charge is 2.28. The summed E-state index contributed by atoms with van der Waals surface area (Å²) in [5.41, 5.74) is 5.01. The molecular formula is C27H28F3N5O2S. The van der Waals surface area contributed by atoms with Crippen LogP contribution in [0.1, 0.15) is 35.5 Å². The number of amides is 1. The molecule has 1 fully saturated rings. The van der Waals surface area contributed by atoms with Crippen LogP contribution in [-0.4, -0.2) is 54.2 Å². The van der Waals surface area contributed by atoms with Crippen molar-refractivity contribution in [2.45, 2.75) is 25.8 Å². The quantitative estimate of drug-likeness (QED) is 0.339. The van der Waals surface area contributed by atoms with Crippen LogP contribution in [-0.2, 0) is 0 Å². The minimum Gasteiger partial charge on any atom is -0.397 e. The molecule has 3 aromatic rings. The number of carbonyl (C=O) groups excluding carboxylic acids is 1. The van der Waals surface area contributed by atoms with E-state index in [2.05, 4.69) is 10.6 Å². The molecule has 38 heavy (non-hydrogen) atoms. The summed E-state index contributed by atoms with van der Waals surface area (Å²) in [6.45, 7) is 5.29. The van der Waals surface area contributed by atoms with E-state index in [1.54, 1.807) is 24.8 Å². The molecule has 1 aromatic heterocycles. The minimum atomic E-state index is -1.24. The highest BCUT2D eigenvalue weighted by atomic mass is 32.1. The molecular weight excluding hydrogens is 515 g/mol. The van der Waals surface area contributed by atoms with Gasteiger partial charge in [-0.25, -0.2) is 13.2 Å². The molecule has 11 heteroatoms. The van der Waals surface area contributed by atoms with Crippen LogP contribution < -0.4 is 16.4 Å². The second-order valence-corrected chi connectivity index (χ2v) is 10.8. The zero-order valence-corrected chi connectivity index (χ0v) is 21.8. The molecule has 7 nitrogen and oxygen atoms in total. The van der Waals surface area contributed by atoms with Gasteiger partial charge in [-0.15, -0.1) is 11.3 Å². The molecule has 5 N–H and O–H groups in total. The molecule has 2 aromatic carbocycles. The van der Waals surface area contributed by atoms with Crippen molar-refractivity contribution in [1.82, 2.24) is 10.2 Å². The standard InChI is InChI=1S/C27H28F3N5O2S/c1-27(2,14-36)34-24-20(32)11-18(22(29)23(24)30)25-17(15-4-5-16(13-31)19(28)10-15)12-21(38-25)26(37)35-8-3-6-33-7-9-35/h4-5,10-12,33-34,36H,3,6-9,14,32H2,1-2H3. The van der Waals surface area contributed by atoms with Gasteiger partial charge in [-0.2, -0.15) is 5.26 Å². The van der Waals surface area contributed by atoms with Crippen LogP contribution >= 0.6 is 11.3 Å². The number of benzene rings is 2. The number of aliphatic hydroxyl groups excluding tert-OH is 1. The monoisotopic (exact) mass is 543 g/mol. The smallest absolute Gasteiger partial charge is 0.264 e. The Morgan fingerprint density at radius 1 is 1.18 bits per heavy atom. The highest BCUT2D eigenvalue weighted by molar-refractivity contribution is 7.18. The Labute approximate surface area is 222 Å². The van der Waals surface area contributed by atoms with Gasteiger partial charge in [-0.3, -0.25) is 4.79 Å². The van der Waals surface area contributed by atoms with Crippen LogP contribution in [0.5, 0.6) is 0 Å². The summed E-state index contributed by atoms with van der Waals surface area (Å²) in [5.74, 6) is -3.48. The second kappa shape index (κ2) is 11.0. The van der Waals surface area contributed by atoms with E-state index in [1.165, 1.54) is 24.3 Å². The number of carbonyl (C=O) groups is 1. The molecule has 4 rings (SSSR count). The number of anilines is 2. The lowest BCUT2D eigenvalue weighted by atomic mass is 9.99. The van der Waals surface area contributed by atoms with E-state index in [9.17, 15) is 14.3 Å². The van der Waals surface area contributed by atoms with E-state index in [0.717, 1.165) is 30.4 Å². The fourth-order valence-corrected chi connectivity index (χ4v) is 5.36. The van der Waals surface area contributed by atoms with Gasteiger partial charge in [0.1, 0.15) is 11.9 Å². The minimum absolute atomic E-state index is 0.0998. The first-order chi connectivity index (χ1) is 18.1. The van der Waals surface area contributed by atoms with Crippen LogP contribution in [0.2, 0.25) is 0 Å². The summed E-state index contributed by atoms with van der Waals surface area (Å²) in [4.78, 5) is 15.5. The zero-order valence-electron chi connectivity index (χ0n) is 21.0. The number of rotatable bonds is 6. The third-order valence-corrected chi connectivity index (χ3v) is 7.47. The van der Waals surface area contributed by atoms with Crippen molar-refractivity contribution < 1.29 is 23.1 Å². The molecule has 0 bridgehead atoms. The molecule has 2 heterocycles. The van der Waals surface area contributed by atoms with Crippen LogP contribution in [0, 0.1) is 28.8 Å². The maximum absolute atomic E-state index is 15.6. The summed E-state index contributed by atoms with van der Waals surface area (Å²) in [6.07, 6.45) is 0.771. The van der Waals surface area contributed by atoms with Crippen LogP contribution in [0.3, 0.4) is 0 Å². The number of hydrogen-bond acceptors (Lipinski definition) is 7. The summed E-state index contributed by atoms with van der Waals surface area (Å²) in [5, 5.41) is 24.6. The number of nitriles is 1. The number of aliphatic hydroxyl groups is 1. The maximum Gasteiger partial charge on any atom is 0.264 e. The van der Waals surface area contributed by atoms with Gasteiger partial charge in [0.25, 0.3) is 5.91 Å². The number of nitrogens with zero attached hydrogens (tertiary/aromatic N) is 2. The molecule has 1 aliphatic heterocycles. The Morgan fingerprint density at radius 3 is 2.63 bits per heavy atom. The molecule has 0 aliphatic carbocycles. The summed E-state index contributed by atoms with van der Waals surface area (Å²) < 4.78 is 45.4. The normalized spacial score (nSPS) is 14.2. The van der Waals surface area contributed by atoms with Crippen molar-refractivity contribution in [2.75, 3.05) is 43.8 Å². The Hall–Kier alpha value is -3.59. The first-order valence-corrected chi connectivity index (χ1v) is 12.9. The number of nitrogens with two attached hydrogens (primary N) is 1. The lowest BCUT2D eigenvalue weighted by Gasteiger charge is -2.26. The van der Waals surface area contributed by atoms with Crippen molar-refractivity contribution in [3.8, 4) is 27.6 Å². The van der Waals surface area contributed by atoms with E-state index in [4.69, 9.17) is 11.0 Å². The Bertz CT molecular complexity index is 1410. The van der Waals surface area contributed by atoms with Crippen molar-refractivity contribution in [1.29, 1.82) is 5.26 Å². The molecule has 0 atom stereocenters. The van der Waals surface area contributed by atoms with Crippen molar-refractivity contribution in [3.63, 3.8) is 0 Å². The van der Waals surface area contributed by atoms with Gasteiger partial charge >= 0.3 is 0 Å². The van der Waals surface area contributed by atoms with E-state index in [-0.39, 0.29) is 44.8 Å². The average molecular weight is 544 g/mol. The van der Waals surface area contributed by atoms with Crippen LogP contribution in [0.4, 0.5) is 24.5 Å². The number of halogens is 3. The Morgan fingerprint density at radius 2 is 1.95 bits per heavy atom. The predicted octanol–water partition coefficient (Wildman–Crippen LogP) is 4.57. The van der Waals surface area contributed by atoms with Gasteiger partial charge in [0.05, 0.1) is 34.0 Å². The lowest BCUT2D eigenvalue weighted by molar-refractivity contribution is 0.0771. The highest BCUT2D eigenvalue weighted by Crippen LogP contribution is 2.44. The molecule has 0 unspecified atom stereocenters. The van der Waals surface area contributed by atoms with E-state index in [1.807, 2.05) is 0 Å². The van der Waals surface area contributed by atoms with Crippen LogP contribution in [0.25, 0.3) is 21.6 Å². The molecule has 0 spiro atoms. The zero-order chi connectivity index (χ0) is 27.6. The topological polar surface area (TPSA) is 114 Å². The van der Waals surface area contributed by atoms with E-state index < -0.39 is 23.0 Å². The van der Waals surface area contributed by atoms with Gasteiger partial charge in [0.15, 0.2) is 11.6 Å². The molecule has 200 valence electrons. The lowest BCUT2D eigenvalue weighted by Crippen LogP contribution is -2.35. The van der Waals surface area contributed by atoms with Gasteiger partial charge in [-0.05, 0) is 56.6 Å². The number of nitrogens with one attached hydrogen (secondary N) is 2. The SMILES string of the molecule is CC(C)(CO)Nc1c(N)cc(-c2sc(C(=O)N3CCCNCC3)cc2-c2ccc(C#N)c(F)c2)c(F)c1F. The first-order valence-electron chi connectivity index (χ1n) is 12.1. The van der Waals surface area contributed by atoms with E-state index in [0.29, 0.717) is 30.8 Å². The molecule has 0 saturated carbocycles. The third kappa shape index (κ3) is 5.48. The summed E-state index contributed by atoms with van der Waals surface area (Å²) >= 11 is 0.965. The Balaban J connectivity index is 1.87. The van der Waals surface area contributed by atoms with E-state index >= 15 is 8.78 Å². The molecule has 1 aliphatic rings. The summed E-state index contributed by atoms with van der Waals surface area (Å²) in [6, 6.07) is 8.47. The van der Waals surface area contributed by atoms with Crippen molar-refractivity contribution in [3.05, 3.63) is 58.2 Å². The van der Waals surface area contributed by atoms with Gasteiger partial charge < -0.3 is 26.4 Å². The number of nitrogen functional groups attached to an aromatic ring is 1. The van der Waals surface area contributed by atoms with Crippen LogP contribution in [0.15, 0.2) is 30.3 Å². The predicted molar refractivity (Wildman–Crippen MR) is 142 cm³/mol. The maximum atomic E-state index is 15.6. The van der Waals surface area contributed by atoms with Crippen molar-refractivity contribution >= 4 is 28.6 Å². The number of hydrogen-bond donors (Lipinski definition) is 4. The first kappa shape index (κ1) is 27.4. The van der Waals surface area contributed by atoms with Gasteiger partial charge in [-0.1, -0.05) is 6.07 Å². The molecule has 1 amide bonds. The van der Waals surface area contributed by atoms with Crippen molar-refractivity contribution in [2.24, 2.45) is 0 Å². The fourth-order valence-electron chi connectivity index (χ4n) is 4.20. The Kier molecular flexibility index (Phi) is 7.97. The van der Waals surface area contributed by atoms with Gasteiger partial charge in [0, 0.05) is 35.6 Å². The fraction of sp³-hybridized carbons (Fsp3) is 0.333. The third-order valence-electron chi connectivity index (χ3n) is 6.31. The molecule has 0 radical (unpaired) electrons. The average Bonchev–Trinajstić information content (AvgIpc) is 3.15. The number of thiophene rings is 1. The van der Waals surface area contributed by atoms with Gasteiger partial charge in [0.2, 0.25) is 0 Å².